The molecule has 1 aliphatic rings. The van der Waals surface area contributed by atoms with Crippen LogP contribution in [0.25, 0.3) is 0 Å². The summed E-state index contributed by atoms with van der Waals surface area (Å²) >= 11 is 0. The smallest absolute Gasteiger partial charge is 0.165 e. The van der Waals surface area contributed by atoms with Crippen molar-refractivity contribution in [1.82, 2.24) is 14.9 Å². The maximum atomic E-state index is 14.0. The van der Waals surface area contributed by atoms with Gasteiger partial charge in [-0.05, 0) is 37.1 Å². The Morgan fingerprint density at radius 2 is 2.29 bits per heavy atom. The molecule has 1 heterocycles. The number of aromatic nitrogens is 2. The third-order valence-corrected chi connectivity index (χ3v) is 3.64. The van der Waals surface area contributed by atoms with Crippen molar-refractivity contribution in [2.75, 3.05) is 6.54 Å². The molecular formula is C16H20FN3O. The van der Waals surface area contributed by atoms with Gasteiger partial charge in [0.05, 0.1) is 18.2 Å². The Balaban J connectivity index is 1.63. The molecule has 0 bridgehead atoms. The standard InChI is InChI=1S/C16H20FN3O/c1-2-18-8-12-3-6-16(15(17)7-12)21-10-14-9-19-11-20(14)13-4-5-13/h3,6-7,9,11,13,18H,2,4-5,8,10H2,1H3. The van der Waals surface area contributed by atoms with Crippen LogP contribution in [0.4, 0.5) is 4.39 Å². The van der Waals surface area contributed by atoms with Gasteiger partial charge in [0.25, 0.3) is 0 Å². The zero-order valence-electron chi connectivity index (χ0n) is 12.2. The highest BCUT2D eigenvalue weighted by molar-refractivity contribution is 5.29. The first-order valence-electron chi connectivity index (χ1n) is 7.40. The lowest BCUT2D eigenvalue weighted by molar-refractivity contribution is 0.280. The molecule has 0 aliphatic heterocycles. The van der Waals surface area contributed by atoms with Crippen molar-refractivity contribution < 1.29 is 9.13 Å². The molecule has 3 rings (SSSR count). The van der Waals surface area contributed by atoms with E-state index >= 15 is 0 Å². The third-order valence-electron chi connectivity index (χ3n) is 3.64. The minimum atomic E-state index is -0.317. The first-order chi connectivity index (χ1) is 10.3. The molecule has 112 valence electrons. The van der Waals surface area contributed by atoms with Crippen molar-refractivity contribution in [1.29, 1.82) is 0 Å². The van der Waals surface area contributed by atoms with Crippen molar-refractivity contribution >= 4 is 0 Å². The van der Waals surface area contributed by atoms with Gasteiger partial charge in [0.1, 0.15) is 6.61 Å². The van der Waals surface area contributed by atoms with Crippen LogP contribution in [0.3, 0.4) is 0 Å². The van der Waals surface area contributed by atoms with Crippen LogP contribution in [0.15, 0.2) is 30.7 Å². The molecule has 0 unspecified atom stereocenters. The molecule has 1 saturated carbocycles. The summed E-state index contributed by atoms with van der Waals surface area (Å²) in [5, 5.41) is 3.17. The lowest BCUT2D eigenvalue weighted by Crippen LogP contribution is -2.12. The summed E-state index contributed by atoms with van der Waals surface area (Å²) < 4.78 is 21.7. The Morgan fingerprint density at radius 3 is 3.00 bits per heavy atom. The summed E-state index contributed by atoms with van der Waals surface area (Å²) in [6.07, 6.45) is 6.00. The second kappa shape index (κ2) is 6.26. The number of imidazole rings is 1. The van der Waals surface area contributed by atoms with E-state index in [0.29, 0.717) is 24.9 Å². The molecule has 1 aromatic heterocycles. The van der Waals surface area contributed by atoms with E-state index in [9.17, 15) is 4.39 Å². The number of benzene rings is 1. The van der Waals surface area contributed by atoms with Gasteiger partial charge in [-0.3, -0.25) is 0 Å². The average molecular weight is 289 g/mol. The van der Waals surface area contributed by atoms with Crippen LogP contribution in [-0.2, 0) is 13.2 Å². The molecule has 1 fully saturated rings. The number of hydrogen-bond acceptors (Lipinski definition) is 3. The Kier molecular flexibility index (Phi) is 4.20. The SMILES string of the molecule is CCNCc1ccc(OCc2cncn2C2CC2)c(F)c1. The van der Waals surface area contributed by atoms with Gasteiger partial charge in [-0.1, -0.05) is 13.0 Å². The fourth-order valence-electron chi connectivity index (χ4n) is 2.32. The summed E-state index contributed by atoms with van der Waals surface area (Å²) in [5.74, 6) is -0.0262. The zero-order valence-corrected chi connectivity index (χ0v) is 12.2. The number of halogens is 1. The molecule has 0 radical (unpaired) electrons. The van der Waals surface area contributed by atoms with Crippen molar-refractivity contribution in [2.24, 2.45) is 0 Å². The maximum Gasteiger partial charge on any atom is 0.165 e. The van der Waals surface area contributed by atoms with Gasteiger partial charge in [0.2, 0.25) is 0 Å². The topological polar surface area (TPSA) is 39.1 Å². The third kappa shape index (κ3) is 3.42. The van der Waals surface area contributed by atoms with E-state index in [1.807, 2.05) is 19.3 Å². The molecule has 0 amide bonds. The second-order valence-corrected chi connectivity index (χ2v) is 5.36. The van der Waals surface area contributed by atoms with Gasteiger partial charge in [-0.25, -0.2) is 9.37 Å². The van der Waals surface area contributed by atoms with Crippen LogP contribution in [0, 0.1) is 5.82 Å². The molecule has 1 aromatic carbocycles. The van der Waals surface area contributed by atoms with Crippen LogP contribution in [-0.4, -0.2) is 16.1 Å². The van der Waals surface area contributed by atoms with Crippen LogP contribution < -0.4 is 10.1 Å². The summed E-state index contributed by atoms with van der Waals surface area (Å²) in [6, 6.07) is 5.66. The number of ether oxygens (including phenoxy) is 1. The van der Waals surface area contributed by atoms with Crippen LogP contribution in [0.5, 0.6) is 5.75 Å². The highest BCUT2D eigenvalue weighted by Gasteiger charge is 2.25. The van der Waals surface area contributed by atoms with Gasteiger partial charge in [-0.15, -0.1) is 0 Å². The Bertz CT molecular complexity index is 607. The number of nitrogens with zero attached hydrogens (tertiary/aromatic N) is 2. The molecule has 1 N–H and O–H groups in total. The largest absolute Gasteiger partial charge is 0.484 e. The molecule has 1 aliphatic carbocycles. The maximum absolute atomic E-state index is 14.0. The van der Waals surface area contributed by atoms with E-state index in [-0.39, 0.29) is 5.82 Å². The fourth-order valence-corrected chi connectivity index (χ4v) is 2.32. The van der Waals surface area contributed by atoms with Crippen LogP contribution in [0.1, 0.15) is 37.1 Å². The van der Waals surface area contributed by atoms with Crippen molar-refractivity contribution in [2.45, 2.75) is 39.0 Å². The first-order valence-corrected chi connectivity index (χ1v) is 7.40. The summed E-state index contributed by atoms with van der Waals surface area (Å²) in [5.41, 5.74) is 1.92. The minimum absolute atomic E-state index is 0.291. The summed E-state index contributed by atoms with van der Waals surface area (Å²) in [6.45, 7) is 3.91. The fraction of sp³-hybridized carbons (Fsp3) is 0.438. The molecule has 4 nitrogen and oxygen atoms in total. The number of nitrogens with one attached hydrogen (secondary N) is 1. The van der Waals surface area contributed by atoms with E-state index in [4.69, 9.17) is 4.74 Å². The van der Waals surface area contributed by atoms with Gasteiger partial charge in [0, 0.05) is 12.6 Å². The number of rotatable bonds is 7. The van der Waals surface area contributed by atoms with Crippen molar-refractivity contribution in [3.63, 3.8) is 0 Å². The van der Waals surface area contributed by atoms with Gasteiger partial charge < -0.3 is 14.6 Å². The molecule has 0 spiro atoms. The lowest BCUT2D eigenvalue weighted by Gasteiger charge is -2.10. The number of hydrogen-bond donors (Lipinski definition) is 1. The molecule has 5 heteroatoms. The quantitative estimate of drug-likeness (QED) is 0.851. The molecule has 21 heavy (non-hydrogen) atoms. The van der Waals surface area contributed by atoms with E-state index in [2.05, 4.69) is 14.9 Å². The normalized spacial score (nSPS) is 14.4. The predicted octanol–water partition coefficient (Wildman–Crippen LogP) is 3.05. The van der Waals surface area contributed by atoms with Crippen LogP contribution >= 0.6 is 0 Å². The van der Waals surface area contributed by atoms with Gasteiger partial charge >= 0.3 is 0 Å². The van der Waals surface area contributed by atoms with Crippen molar-refractivity contribution in [3.05, 3.63) is 47.8 Å². The highest BCUT2D eigenvalue weighted by Crippen LogP contribution is 2.35. The molecule has 0 saturated heterocycles. The summed E-state index contributed by atoms with van der Waals surface area (Å²) in [4.78, 5) is 4.15. The molecule has 0 atom stereocenters. The van der Waals surface area contributed by atoms with Gasteiger partial charge in [-0.2, -0.15) is 0 Å². The highest BCUT2D eigenvalue weighted by atomic mass is 19.1. The van der Waals surface area contributed by atoms with Gasteiger partial charge in [0.15, 0.2) is 11.6 Å². The lowest BCUT2D eigenvalue weighted by atomic mass is 10.2. The predicted molar refractivity (Wildman–Crippen MR) is 78.6 cm³/mol. The van der Waals surface area contributed by atoms with Crippen molar-refractivity contribution in [3.8, 4) is 5.75 Å². The molecule has 2 aromatic rings. The Hall–Kier alpha value is -1.88. The zero-order chi connectivity index (χ0) is 14.7. The molecular weight excluding hydrogens is 269 g/mol. The van der Waals surface area contributed by atoms with E-state index < -0.39 is 0 Å². The van der Waals surface area contributed by atoms with Crippen LogP contribution in [0.2, 0.25) is 0 Å². The Morgan fingerprint density at radius 1 is 1.43 bits per heavy atom. The minimum Gasteiger partial charge on any atom is -0.484 e. The van der Waals surface area contributed by atoms with E-state index in [1.54, 1.807) is 12.3 Å². The monoisotopic (exact) mass is 289 g/mol. The summed E-state index contributed by atoms with van der Waals surface area (Å²) in [7, 11) is 0. The average Bonchev–Trinajstić information content (AvgIpc) is 3.23. The Labute approximate surface area is 124 Å². The van der Waals surface area contributed by atoms with E-state index in [1.165, 1.54) is 18.9 Å². The first kappa shape index (κ1) is 14.1. The second-order valence-electron chi connectivity index (χ2n) is 5.36. The van der Waals surface area contributed by atoms with E-state index in [0.717, 1.165) is 17.8 Å².